The molecule has 1 heterocycles. The van der Waals surface area contributed by atoms with Crippen LogP contribution in [0, 0.1) is 6.92 Å². The van der Waals surface area contributed by atoms with Crippen LogP contribution in [-0.4, -0.2) is 66.2 Å². The Morgan fingerprint density at radius 3 is 2.26 bits per heavy atom. The Morgan fingerprint density at radius 2 is 1.63 bits per heavy atom. The second-order valence-corrected chi connectivity index (χ2v) is 10.7. The number of ether oxygens (including phenoxy) is 2. The van der Waals surface area contributed by atoms with Crippen molar-refractivity contribution in [2.75, 3.05) is 51.2 Å². The van der Waals surface area contributed by atoms with Crippen molar-refractivity contribution in [2.45, 2.75) is 43.9 Å². The van der Waals surface area contributed by atoms with Crippen molar-refractivity contribution in [1.82, 2.24) is 10.2 Å². The molecule has 1 amide bonds. The SMILES string of the molecule is COc1ccc(N(CC(=O)NCCCN2CCCCCC2)S(=O)(=O)c2ccc(C)cc2)cc1OC. The third-order valence-electron chi connectivity index (χ3n) is 6.22. The normalized spacial score (nSPS) is 14.7. The molecule has 35 heavy (non-hydrogen) atoms. The van der Waals surface area contributed by atoms with E-state index in [1.54, 1.807) is 42.5 Å². The topological polar surface area (TPSA) is 88.2 Å². The zero-order chi connectivity index (χ0) is 25.3. The number of amides is 1. The Labute approximate surface area is 209 Å². The maximum atomic E-state index is 13.6. The number of nitrogens with one attached hydrogen (secondary N) is 1. The van der Waals surface area contributed by atoms with Gasteiger partial charge in [0.15, 0.2) is 11.5 Å². The number of methoxy groups -OCH3 is 2. The Morgan fingerprint density at radius 1 is 0.971 bits per heavy atom. The summed E-state index contributed by atoms with van der Waals surface area (Å²) in [6.07, 6.45) is 5.85. The van der Waals surface area contributed by atoms with Gasteiger partial charge < -0.3 is 19.7 Å². The van der Waals surface area contributed by atoms with Crippen molar-refractivity contribution in [3.8, 4) is 11.5 Å². The van der Waals surface area contributed by atoms with E-state index in [2.05, 4.69) is 10.2 Å². The molecular weight excluding hydrogens is 466 g/mol. The van der Waals surface area contributed by atoms with E-state index in [1.165, 1.54) is 39.9 Å². The zero-order valence-corrected chi connectivity index (χ0v) is 21.8. The number of sulfonamides is 1. The van der Waals surface area contributed by atoms with Gasteiger partial charge in [-0.2, -0.15) is 0 Å². The first-order valence-electron chi connectivity index (χ1n) is 12.2. The first kappa shape index (κ1) is 26.8. The van der Waals surface area contributed by atoms with Gasteiger partial charge in [0.1, 0.15) is 6.54 Å². The number of nitrogens with zero attached hydrogens (tertiary/aromatic N) is 2. The standard InChI is InChI=1S/C26H37N3O5S/c1-21-9-12-23(13-10-21)35(31,32)29(22-11-14-24(33-2)25(19-22)34-3)20-26(30)27-15-8-18-28-16-6-4-5-7-17-28/h9-14,19H,4-8,15-18,20H2,1-3H3,(H,27,30). The van der Waals surface area contributed by atoms with Gasteiger partial charge in [0.25, 0.3) is 10.0 Å². The number of hydrogen-bond donors (Lipinski definition) is 1. The van der Waals surface area contributed by atoms with Crippen LogP contribution in [0.1, 0.15) is 37.7 Å². The van der Waals surface area contributed by atoms with Gasteiger partial charge in [-0.05, 0) is 70.1 Å². The fraction of sp³-hybridized carbons (Fsp3) is 0.500. The van der Waals surface area contributed by atoms with Gasteiger partial charge in [-0.25, -0.2) is 8.42 Å². The molecule has 0 spiro atoms. The number of likely N-dealkylation sites (tertiary alicyclic amines) is 1. The van der Waals surface area contributed by atoms with E-state index >= 15 is 0 Å². The summed E-state index contributed by atoms with van der Waals surface area (Å²) in [6, 6.07) is 11.4. The number of rotatable bonds is 11. The minimum absolute atomic E-state index is 0.117. The fourth-order valence-corrected chi connectivity index (χ4v) is 5.62. The smallest absolute Gasteiger partial charge is 0.264 e. The lowest BCUT2D eigenvalue weighted by Gasteiger charge is -2.25. The third kappa shape index (κ3) is 7.35. The van der Waals surface area contributed by atoms with Gasteiger partial charge in [-0.15, -0.1) is 0 Å². The number of anilines is 1. The van der Waals surface area contributed by atoms with Crippen molar-refractivity contribution in [1.29, 1.82) is 0 Å². The van der Waals surface area contributed by atoms with E-state index in [-0.39, 0.29) is 17.3 Å². The Hall–Kier alpha value is -2.78. The third-order valence-corrected chi connectivity index (χ3v) is 8.01. The molecule has 8 nitrogen and oxygen atoms in total. The molecule has 1 aliphatic heterocycles. The monoisotopic (exact) mass is 503 g/mol. The highest BCUT2D eigenvalue weighted by Gasteiger charge is 2.28. The van der Waals surface area contributed by atoms with Crippen molar-refractivity contribution in [3.63, 3.8) is 0 Å². The summed E-state index contributed by atoms with van der Waals surface area (Å²) < 4.78 is 38.9. The maximum absolute atomic E-state index is 13.6. The number of aryl methyl sites for hydroxylation is 1. The minimum Gasteiger partial charge on any atom is -0.493 e. The summed E-state index contributed by atoms with van der Waals surface area (Å²) in [4.78, 5) is 15.4. The number of benzene rings is 2. The summed E-state index contributed by atoms with van der Waals surface area (Å²) in [5.74, 6) is 0.500. The van der Waals surface area contributed by atoms with Crippen LogP contribution in [0.3, 0.4) is 0 Å². The predicted octanol–water partition coefficient (Wildman–Crippen LogP) is 3.59. The Bertz CT molecular complexity index is 1060. The second kappa shape index (κ2) is 12.8. The van der Waals surface area contributed by atoms with Crippen LogP contribution in [0.5, 0.6) is 11.5 Å². The minimum atomic E-state index is -3.99. The van der Waals surface area contributed by atoms with Gasteiger partial charge in [0.2, 0.25) is 5.91 Å². The van der Waals surface area contributed by atoms with Gasteiger partial charge in [0, 0.05) is 12.6 Å². The number of hydrogen-bond acceptors (Lipinski definition) is 6. The fourth-order valence-electron chi connectivity index (χ4n) is 4.21. The van der Waals surface area contributed by atoms with Crippen LogP contribution in [0.2, 0.25) is 0 Å². The lowest BCUT2D eigenvalue weighted by atomic mass is 10.2. The molecule has 0 atom stereocenters. The Kier molecular flexibility index (Phi) is 9.80. The van der Waals surface area contributed by atoms with Gasteiger partial charge in [0.05, 0.1) is 24.8 Å². The van der Waals surface area contributed by atoms with Crippen LogP contribution in [-0.2, 0) is 14.8 Å². The zero-order valence-electron chi connectivity index (χ0n) is 21.0. The van der Waals surface area contributed by atoms with E-state index in [9.17, 15) is 13.2 Å². The highest BCUT2D eigenvalue weighted by molar-refractivity contribution is 7.92. The molecule has 1 fully saturated rings. The average Bonchev–Trinajstić information content (AvgIpc) is 3.14. The lowest BCUT2D eigenvalue weighted by Crippen LogP contribution is -2.41. The quantitative estimate of drug-likeness (QED) is 0.472. The molecule has 3 rings (SSSR count). The average molecular weight is 504 g/mol. The summed E-state index contributed by atoms with van der Waals surface area (Å²) in [5.41, 5.74) is 1.27. The first-order chi connectivity index (χ1) is 16.8. The van der Waals surface area contributed by atoms with E-state index in [1.807, 2.05) is 6.92 Å². The maximum Gasteiger partial charge on any atom is 0.264 e. The number of carbonyl (C=O) groups is 1. The summed E-state index contributed by atoms with van der Waals surface area (Å²) in [6.45, 7) is 5.20. The molecule has 0 aromatic heterocycles. The molecule has 2 aromatic rings. The van der Waals surface area contributed by atoms with Gasteiger partial charge in [-0.3, -0.25) is 9.10 Å². The van der Waals surface area contributed by atoms with Crippen molar-refractivity contribution < 1.29 is 22.7 Å². The largest absolute Gasteiger partial charge is 0.493 e. The van der Waals surface area contributed by atoms with Crippen molar-refractivity contribution in [2.24, 2.45) is 0 Å². The lowest BCUT2D eigenvalue weighted by molar-refractivity contribution is -0.119. The highest BCUT2D eigenvalue weighted by Crippen LogP contribution is 2.33. The Balaban J connectivity index is 1.74. The van der Waals surface area contributed by atoms with Crippen LogP contribution in [0.25, 0.3) is 0 Å². The van der Waals surface area contributed by atoms with E-state index in [0.29, 0.717) is 23.7 Å². The van der Waals surface area contributed by atoms with Crippen LogP contribution in [0.4, 0.5) is 5.69 Å². The molecule has 0 bridgehead atoms. The van der Waals surface area contributed by atoms with E-state index < -0.39 is 10.0 Å². The summed E-state index contributed by atoms with van der Waals surface area (Å²) in [7, 11) is -0.999. The molecule has 0 unspecified atom stereocenters. The molecule has 0 aliphatic carbocycles. The van der Waals surface area contributed by atoms with Gasteiger partial charge in [-0.1, -0.05) is 30.5 Å². The molecule has 0 radical (unpaired) electrons. The van der Waals surface area contributed by atoms with Gasteiger partial charge >= 0.3 is 0 Å². The van der Waals surface area contributed by atoms with Crippen LogP contribution >= 0.6 is 0 Å². The molecule has 2 aromatic carbocycles. The second-order valence-electron chi connectivity index (χ2n) is 8.82. The predicted molar refractivity (Wildman–Crippen MR) is 138 cm³/mol. The van der Waals surface area contributed by atoms with Crippen LogP contribution in [0.15, 0.2) is 47.4 Å². The van der Waals surface area contributed by atoms with E-state index in [0.717, 1.165) is 35.9 Å². The van der Waals surface area contributed by atoms with Crippen molar-refractivity contribution >= 4 is 21.6 Å². The van der Waals surface area contributed by atoms with Crippen LogP contribution < -0.4 is 19.1 Å². The summed E-state index contributed by atoms with van der Waals surface area (Å²) >= 11 is 0. The number of carbonyl (C=O) groups excluding carboxylic acids is 1. The first-order valence-corrected chi connectivity index (χ1v) is 13.6. The molecular formula is C26H37N3O5S. The molecule has 192 valence electrons. The summed E-state index contributed by atoms with van der Waals surface area (Å²) in [5, 5.41) is 2.89. The molecule has 1 N–H and O–H groups in total. The van der Waals surface area contributed by atoms with Crippen molar-refractivity contribution in [3.05, 3.63) is 48.0 Å². The molecule has 1 aliphatic rings. The molecule has 1 saturated heterocycles. The van der Waals surface area contributed by atoms with E-state index in [4.69, 9.17) is 9.47 Å². The molecule has 9 heteroatoms. The molecule has 0 saturated carbocycles. The highest BCUT2D eigenvalue weighted by atomic mass is 32.2.